The quantitative estimate of drug-likeness (QED) is 0.331. The number of nitriles is 1. The lowest BCUT2D eigenvalue weighted by Gasteiger charge is -2.38. The standard InChI is InChI=1S/C29H27F2N9/c1-37-25-15-23(31)21(14-24(25)35-36-37)27-26(18-6-7-19(16-32)22(30)13-18)34-29-28(33-8-12-40(27)29)39-11-4-5-20(17-39)38-9-2-3-10-38/h6-8,12-15,20H,2-5,9-11,17H2,1H3/t20-/m1/s1. The second-order valence-corrected chi connectivity index (χ2v) is 10.6. The first-order chi connectivity index (χ1) is 19.5. The molecule has 2 saturated heterocycles. The Labute approximate surface area is 229 Å². The van der Waals surface area contributed by atoms with E-state index in [4.69, 9.17) is 9.97 Å². The van der Waals surface area contributed by atoms with Crippen LogP contribution in [0.5, 0.6) is 0 Å². The molecule has 0 N–H and O–H groups in total. The number of aromatic nitrogens is 6. The minimum absolute atomic E-state index is 0.0650. The molecule has 2 aliphatic heterocycles. The highest BCUT2D eigenvalue weighted by molar-refractivity contribution is 5.89. The van der Waals surface area contributed by atoms with Crippen LogP contribution < -0.4 is 4.90 Å². The van der Waals surface area contributed by atoms with Crippen LogP contribution in [0.1, 0.15) is 31.2 Å². The molecule has 11 heteroatoms. The van der Waals surface area contributed by atoms with Crippen LogP contribution in [0.4, 0.5) is 14.6 Å². The smallest absolute Gasteiger partial charge is 0.181 e. The summed E-state index contributed by atoms with van der Waals surface area (Å²) in [6.07, 6.45) is 8.13. The molecule has 0 radical (unpaired) electrons. The van der Waals surface area contributed by atoms with Gasteiger partial charge in [-0.15, -0.1) is 5.10 Å². The van der Waals surface area contributed by atoms with Crippen LogP contribution in [-0.2, 0) is 7.05 Å². The summed E-state index contributed by atoms with van der Waals surface area (Å²) >= 11 is 0. The normalized spacial score (nSPS) is 18.1. The van der Waals surface area contributed by atoms with Crippen molar-refractivity contribution in [1.29, 1.82) is 5.26 Å². The molecule has 0 aliphatic carbocycles. The number of hydrogen-bond acceptors (Lipinski definition) is 7. The van der Waals surface area contributed by atoms with Crippen molar-refractivity contribution < 1.29 is 8.78 Å². The Bertz CT molecular complexity index is 1800. The molecule has 1 atom stereocenters. The molecule has 5 aromatic rings. The fourth-order valence-corrected chi connectivity index (χ4v) is 6.19. The van der Waals surface area contributed by atoms with Gasteiger partial charge in [-0.2, -0.15) is 5.26 Å². The van der Waals surface area contributed by atoms with E-state index in [-0.39, 0.29) is 11.1 Å². The summed E-state index contributed by atoms with van der Waals surface area (Å²) in [6, 6.07) is 9.71. The number of rotatable bonds is 4. The van der Waals surface area contributed by atoms with Gasteiger partial charge in [-0.1, -0.05) is 11.3 Å². The van der Waals surface area contributed by atoms with Gasteiger partial charge in [0.25, 0.3) is 0 Å². The molecular weight excluding hydrogens is 512 g/mol. The number of nitrogens with zero attached hydrogens (tertiary/aromatic N) is 9. The maximum atomic E-state index is 15.8. The van der Waals surface area contributed by atoms with Crippen LogP contribution in [0.15, 0.2) is 42.7 Å². The molecule has 2 aliphatic rings. The third-order valence-electron chi connectivity index (χ3n) is 8.19. The Morgan fingerprint density at radius 3 is 2.67 bits per heavy atom. The van der Waals surface area contributed by atoms with Gasteiger partial charge in [-0.05, 0) is 57.0 Å². The predicted octanol–water partition coefficient (Wildman–Crippen LogP) is 4.56. The highest BCUT2D eigenvalue weighted by Gasteiger charge is 2.30. The second kappa shape index (κ2) is 9.64. The zero-order chi connectivity index (χ0) is 27.4. The van der Waals surface area contributed by atoms with Crippen LogP contribution in [0, 0.1) is 23.0 Å². The number of anilines is 1. The molecule has 7 rings (SSSR count). The number of halogens is 2. The Morgan fingerprint density at radius 1 is 1.02 bits per heavy atom. The van der Waals surface area contributed by atoms with Gasteiger partial charge < -0.3 is 4.90 Å². The molecule has 5 heterocycles. The molecular formula is C29H27F2N9. The van der Waals surface area contributed by atoms with Gasteiger partial charge in [0.2, 0.25) is 0 Å². The minimum Gasteiger partial charge on any atom is -0.352 e. The van der Waals surface area contributed by atoms with Crippen molar-refractivity contribution in [2.75, 3.05) is 31.1 Å². The Balaban J connectivity index is 1.42. The highest BCUT2D eigenvalue weighted by Crippen LogP contribution is 2.38. The molecule has 3 aromatic heterocycles. The van der Waals surface area contributed by atoms with Crippen molar-refractivity contribution in [2.24, 2.45) is 7.05 Å². The molecule has 2 aromatic carbocycles. The second-order valence-electron chi connectivity index (χ2n) is 10.6. The SMILES string of the molecule is Cn1nnc2cc(-c3c(-c4ccc(C#N)c(F)c4)nc4c(N5CCC[C@@H](N6CCCC6)C5)nccn34)c(F)cc21. The topological polar surface area (TPSA) is 91.2 Å². The number of fused-ring (bicyclic) bond motifs is 2. The van der Waals surface area contributed by atoms with Gasteiger partial charge in [0.15, 0.2) is 11.5 Å². The van der Waals surface area contributed by atoms with Crippen LogP contribution in [0.2, 0.25) is 0 Å². The lowest BCUT2D eigenvalue weighted by Crippen LogP contribution is -2.47. The number of aryl methyl sites for hydroxylation is 1. The maximum absolute atomic E-state index is 15.8. The van der Waals surface area contributed by atoms with Gasteiger partial charge in [0, 0.05) is 55.8 Å². The average molecular weight is 540 g/mol. The molecule has 40 heavy (non-hydrogen) atoms. The van der Waals surface area contributed by atoms with Crippen LogP contribution >= 0.6 is 0 Å². The maximum Gasteiger partial charge on any atom is 0.181 e. The molecule has 9 nitrogen and oxygen atoms in total. The van der Waals surface area contributed by atoms with Crippen molar-refractivity contribution in [2.45, 2.75) is 31.7 Å². The lowest BCUT2D eigenvalue weighted by atomic mass is 10.0. The molecule has 0 unspecified atom stereocenters. The van der Waals surface area contributed by atoms with E-state index < -0.39 is 11.6 Å². The number of benzene rings is 2. The zero-order valence-electron chi connectivity index (χ0n) is 22.1. The van der Waals surface area contributed by atoms with E-state index in [1.807, 2.05) is 10.5 Å². The van der Waals surface area contributed by atoms with E-state index >= 15 is 4.39 Å². The highest BCUT2D eigenvalue weighted by atomic mass is 19.1. The largest absolute Gasteiger partial charge is 0.352 e. The minimum atomic E-state index is -0.657. The molecule has 0 saturated carbocycles. The Morgan fingerprint density at radius 2 is 1.88 bits per heavy atom. The monoisotopic (exact) mass is 539 g/mol. The number of hydrogen-bond donors (Lipinski definition) is 0. The summed E-state index contributed by atoms with van der Waals surface area (Å²) < 4.78 is 33.9. The number of likely N-dealkylation sites (tertiary alicyclic amines) is 1. The van der Waals surface area contributed by atoms with Crippen LogP contribution in [0.25, 0.3) is 39.2 Å². The third-order valence-corrected chi connectivity index (χ3v) is 8.19. The van der Waals surface area contributed by atoms with Gasteiger partial charge >= 0.3 is 0 Å². The van der Waals surface area contributed by atoms with Gasteiger partial charge in [0.1, 0.15) is 23.2 Å². The van der Waals surface area contributed by atoms with Crippen molar-refractivity contribution in [3.05, 3.63) is 59.9 Å². The molecule has 202 valence electrons. The van der Waals surface area contributed by atoms with Crippen LogP contribution in [-0.4, -0.2) is 66.5 Å². The molecule has 0 amide bonds. The van der Waals surface area contributed by atoms with Crippen molar-refractivity contribution in [1.82, 2.24) is 34.3 Å². The fourth-order valence-electron chi connectivity index (χ4n) is 6.19. The van der Waals surface area contributed by atoms with E-state index in [0.29, 0.717) is 45.5 Å². The average Bonchev–Trinajstić information content (AvgIpc) is 3.72. The number of imidazole rings is 1. The Hall–Kier alpha value is -4.43. The third kappa shape index (κ3) is 3.98. The Kier molecular flexibility index (Phi) is 5.93. The number of piperidine rings is 1. The van der Waals surface area contributed by atoms with Crippen LogP contribution in [0.3, 0.4) is 0 Å². The van der Waals surface area contributed by atoms with Crippen molar-refractivity contribution in [3.63, 3.8) is 0 Å². The van der Waals surface area contributed by atoms with E-state index in [9.17, 15) is 9.65 Å². The van der Waals surface area contributed by atoms with E-state index in [1.54, 1.807) is 31.6 Å². The van der Waals surface area contributed by atoms with Gasteiger partial charge in [-0.3, -0.25) is 9.30 Å². The van der Waals surface area contributed by atoms with E-state index in [2.05, 4.69) is 20.1 Å². The summed E-state index contributed by atoms with van der Waals surface area (Å²) in [4.78, 5) is 14.5. The molecule has 0 bridgehead atoms. The van der Waals surface area contributed by atoms with E-state index in [0.717, 1.165) is 39.0 Å². The lowest BCUT2D eigenvalue weighted by molar-refractivity contribution is 0.215. The molecule has 0 spiro atoms. The van der Waals surface area contributed by atoms with Crippen molar-refractivity contribution >= 4 is 22.5 Å². The first-order valence-electron chi connectivity index (χ1n) is 13.6. The van der Waals surface area contributed by atoms with Gasteiger partial charge in [0.05, 0.1) is 22.5 Å². The molecule has 2 fully saturated rings. The summed E-state index contributed by atoms with van der Waals surface area (Å²) in [5, 5.41) is 17.5. The summed E-state index contributed by atoms with van der Waals surface area (Å²) in [6.45, 7) is 3.94. The zero-order valence-corrected chi connectivity index (χ0v) is 22.1. The first-order valence-corrected chi connectivity index (χ1v) is 13.6. The fraction of sp³-hybridized carbons (Fsp3) is 0.345. The van der Waals surface area contributed by atoms with Gasteiger partial charge in [-0.25, -0.2) is 23.4 Å². The van der Waals surface area contributed by atoms with E-state index in [1.165, 1.54) is 35.7 Å². The predicted molar refractivity (Wildman–Crippen MR) is 147 cm³/mol. The summed E-state index contributed by atoms with van der Waals surface area (Å²) in [7, 11) is 1.71. The van der Waals surface area contributed by atoms with Crippen molar-refractivity contribution in [3.8, 4) is 28.6 Å². The first kappa shape index (κ1) is 24.6. The summed E-state index contributed by atoms with van der Waals surface area (Å²) in [5.74, 6) is -0.412. The summed E-state index contributed by atoms with van der Waals surface area (Å²) in [5.41, 5.74) is 3.16.